The van der Waals surface area contributed by atoms with E-state index in [1.54, 1.807) is 6.07 Å². The molecule has 2 aromatic heterocycles. The summed E-state index contributed by atoms with van der Waals surface area (Å²) < 4.78 is 2.96. The van der Waals surface area contributed by atoms with Gasteiger partial charge in [-0.3, -0.25) is 4.40 Å². The van der Waals surface area contributed by atoms with Crippen LogP contribution in [-0.2, 0) is 0 Å². The Labute approximate surface area is 129 Å². The second kappa shape index (κ2) is 4.60. The van der Waals surface area contributed by atoms with Gasteiger partial charge in [-0.1, -0.05) is 40.2 Å². The van der Waals surface area contributed by atoms with Crippen molar-refractivity contribution < 1.29 is 5.11 Å². The SMILES string of the molecule is Oc1cc(-c2ccc(Br)cc2)cn2c1nc1ccccc12. The summed E-state index contributed by atoms with van der Waals surface area (Å²) in [7, 11) is 0. The van der Waals surface area contributed by atoms with E-state index < -0.39 is 0 Å². The lowest BCUT2D eigenvalue weighted by Gasteiger charge is -2.05. The quantitative estimate of drug-likeness (QED) is 0.549. The van der Waals surface area contributed by atoms with Gasteiger partial charge in [0, 0.05) is 16.2 Å². The van der Waals surface area contributed by atoms with E-state index in [1.807, 2.05) is 59.1 Å². The number of imidazole rings is 1. The summed E-state index contributed by atoms with van der Waals surface area (Å²) in [6, 6.07) is 17.6. The van der Waals surface area contributed by atoms with Crippen LogP contribution in [0.3, 0.4) is 0 Å². The minimum absolute atomic E-state index is 0.187. The summed E-state index contributed by atoms with van der Waals surface area (Å²) in [6.07, 6.45) is 2.01. The van der Waals surface area contributed by atoms with Gasteiger partial charge in [0.05, 0.1) is 11.0 Å². The molecule has 0 aliphatic rings. The molecule has 0 fully saturated rings. The van der Waals surface area contributed by atoms with Crippen LogP contribution in [0.15, 0.2) is 65.3 Å². The molecule has 21 heavy (non-hydrogen) atoms. The van der Waals surface area contributed by atoms with E-state index in [-0.39, 0.29) is 5.75 Å². The standard InChI is InChI=1S/C17H11BrN2O/c18-13-7-5-11(6-8-13)12-9-16(21)17-19-14-3-1-2-4-15(14)20(17)10-12/h1-10,21H. The van der Waals surface area contributed by atoms with Gasteiger partial charge in [0.15, 0.2) is 11.4 Å². The largest absolute Gasteiger partial charge is 0.504 e. The van der Waals surface area contributed by atoms with Crippen LogP contribution < -0.4 is 0 Å². The van der Waals surface area contributed by atoms with E-state index in [2.05, 4.69) is 20.9 Å². The zero-order chi connectivity index (χ0) is 14.4. The zero-order valence-corrected chi connectivity index (χ0v) is 12.6. The number of nitrogens with zero attached hydrogens (tertiary/aromatic N) is 2. The van der Waals surface area contributed by atoms with Crippen LogP contribution >= 0.6 is 15.9 Å². The maximum atomic E-state index is 10.3. The molecule has 0 aliphatic heterocycles. The van der Waals surface area contributed by atoms with Gasteiger partial charge in [-0.05, 0) is 35.9 Å². The van der Waals surface area contributed by atoms with Crippen molar-refractivity contribution in [2.75, 3.05) is 0 Å². The highest BCUT2D eigenvalue weighted by atomic mass is 79.9. The van der Waals surface area contributed by atoms with Crippen molar-refractivity contribution in [3.63, 3.8) is 0 Å². The number of fused-ring (bicyclic) bond motifs is 3. The van der Waals surface area contributed by atoms with E-state index in [0.717, 1.165) is 26.6 Å². The number of hydrogen-bond donors (Lipinski definition) is 1. The Morgan fingerprint density at radius 3 is 2.52 bits per heavy atom. The molecule has 102 valence electrons. The lowest BCUT2D eigenvalue weighted by Crippen LogP contribution is -1.88. The predicted molar refractivity (Wildman–Crippen MR) is 87.5 cm³/mol. The number of hydrogen-bond acceptors (Lipinski definition) is 2. The minimum Gasteiger partial charge on any atom is -0.504 e. The van der Waals surface area contributed by atoms with Crippen molar-refractivity contribution >= 4 is 32.6 Å². The van der Waals surface area contributed by atoms with Crippen molar-refractivity contribution in [2.45, 2.75) is 0 Å². The molecule has 4 heteroatoms. The first-order chi connectivity index (χ1) is 10.2. The van der Waals surface area contributed by atoms with Crippen molar-refractivity contribution in [1.82, 2.24) is 9.38 Å². The van der Waals surface area contributed by atoms with E-state index in [0.29, 0.717) is 5.65 Å². The average molecular weight is 339 g/mol. The topological polar surface area (TPSA) is 37.5 Å². The molecule has 3 nitrogen and oxygen atoms in total. The first kappa shape index (κ1) is 12.4. The molecule has 2 aromatic carbocycles. The fourth-order valence-corrected chi connectivity index (χ4v) is 2.81. The van der Waals surface area contributed by atoms with Crippen molar-refractivity contribution in [3.05, 3.63) is 65.3 Å². The maximum absolute atomic E-state index is 10.3. The Bertz CT molecular complexity index is 958. The number of halogens is 1. The van der Waals surface area contributed by atoms with Crippen LogP contribution in [0.4, 0.5) is 0 Å². The summed E-state index contributed by atoms with van der Waals surface area (Å²) in [4.78, 5) is 4.47. The van der Waals surface area contributed by atoms with Gasteiger partial charge < -0.3 is 5.11 Å². The third kappa shape index (κ3) is 1.99. The molecule has 0 spiro atoms. The van der Waals surface area contributed by atoms with Crippen LogP contribution in [0.1, 0.15) is 0 Å². The molecule has 0 saturated heterocycles. The van der Waals surface area contributed by atoms with Crippen LogP contribution in [0.25, 0.3) is 27.8 Å². The van der Waals surface area contributed by atoms with Gasteiger partial charge in [-0.15, -0.1) is 0 Å². The fourth-order valence-electron chi connectivity index (χ4n) is 2.54. The highest BCUT2D eigenvalue weighted by Gasteiger charge is 2.10. The Balaban J connectivity index is 2.03. The first-order valence-corrected chi connectivity index (χ1v) is 7.37. The second-order valence-corrected chi connectivity index (χ2v) is 5.83. The zero-order valence-electron chi connectivity index (χ0n) is 11.0. The molecule has 4 aromatic rings. The molecule has 0 unspecified atom stereocenters. The van der Waals surface area contributed by atoms with Gasteiger partial charge in [-0.25, -0.2) is 4.98 Å². The third-order valence-corrected chi connectivity index (χ3v) is 4.09. The normalized spacial score (nSPS) is 11.3. The molecular formula is C17H11BrN2O. The summed E-state index contributed by atoms with van der Waals surface area (Å²) in [5.41, 5.74) is 4.45. The smallest absolute Gasteiger partial charge is 0.180 e. The summed E-state index contributed by atoms with van der Waals surface area (Å²) in [5.74, 6) is 0.187. The highest BCUT2D eigenvalue weighted by Crippen LogP contribution is 2.30. The summed E-state index contributed by atoms with van der Waals surface area (Å²) in [6.45, 7) is 0. The molecule has 0 saturated carbocycles. The number of aromatic hydroxyl groups is 1. The molecule has 0 aliphatic carbocycles. The van der Waals surface area contributed by atoms with E-state index >= 15 is 0 Å². The van der Waals surface area contributed by atoms with E-state index in [1.165, 1.54) is 0 Å². The van der Waals surface area contributed by atoms with Crippen molar-refractivity contribution in [2.24, 2.45) is 0 Å². The molecule has 0 bridgehead atoms. The summed E-state index contributed by atoms with van der Waals surface area (Å²) in [5, 5.41) is 10.3. The van der Waals surface area contributed by atoms with Gasteiger partial charge >= 0.3 is 0 Å². The van der Waals surface area contributed by atoms with E-state index in [9.17, 15) is 5.11 Å². The number of aromatic nitrogens is 2. The minimum atomic E-state index is 0.187. The molecule has 4 rings (SSSR count). The third-order valence-electron chi connectivity index (χ3n) is 3.56. The van der Waals surface area contributed by atoms with Crippen LogP contribution in [0.5, 0.6) is 5.75 Å². The van der Waals surface area contributed by atoms with Crippen molar-refractivity contribution in [1.29, 1.82) is 0 Å². The van der Waals surface area contributed by atoms with Crippen LogP contribution in [-0.4, -0.2) is 14.5 Å². The van der Waals surface area contributed by atoms with E-state index in [4.69, 9.17) is 0 Å². The highest BCUT2D eigenvalue weighted by molar-refractivity contribution is 9.10. The Morgan fingerprint density at radius 2 is 1.71 bits per heavy atom. The molecule has 1 N–H and O–H groups in total. The number of benzene rings is 2. The maximum Gasteiger partial charge on any atom is 0.180 e. The van der Waals surface area contributed by atoms with Gasteiger partial charge in [0.1, 0.15) is 0 Å². The van der Waals surface area contributed by atoms with Gasteiger partial charge in [-0.2, -0.15) is 0 Å². The second-order valence-electron chi connectivity index (χ2n) is 4.92. The Kier molecular flexibility index (Phi) is 2.72. The van der Waals surface area contributed by atoms with Gasteiger partial charge in [0.2, 0.25) is 0 Å². The number of rotatable bonds is 1. The summed E-state index contributed by atoms with van der Waals surface area (Å²) >= 11 is 3.43. The molecular weight excluding hydrogens is 328 g/mol. The predicted octanol–water partition coefficient (Wildman–Crippen LogP) is 4.62. The molecule has 0 atom stereocenters. The van der Waals surface area contributed by atoms with Crippen LogP contribution in [0, 0.1) is 0 Å². The Morgan fingerprint density at radius 1 is 0.952 bits per heavy atom. The fraction of sp³-hybridized carbons (Fsp3) is 0. The first-order valence-electron chi connectivity index (χ1n) is 6.58. The lowest BCUT2D eigenvalue weighted by molar-refractivity contribution is 0.478. The Hall–Kier alpha value is -2.33. The number of pyridine rings is 1. The lowest BCUT2D eigenvalue weighted by atomic mass is 10.1. The molecule has 0 amide bonds. The molecule has 0 radical (unpaired) electrons. The van der Waals surface area contributed by atoms with Crippen LogP contribution in [0.2, 0.25) is 0 Å². The van der Waals surface area contributed by atoms with Crippen molar-refractivity contribution in [3.8, 4) is 16.9 Å². The van der Waals surface area contributed by atoms with Gasteiger partial charge in [0.25, 0.3) is 0 Å². The number of para-hydroxylation sites is 2. The average Bonchev–Trinajstić information content (AvgIpc) is 2.87. The molecule has 2 heterocycles. The monoisotopic (exact) mass is 338 g/mol.